The summed E-state index contributed by atoms with van der Waals surface area (Å²) >= 11 is 1.49. The van der Waals surface area contributed by atoms with E-state index in [0.29, 0.717) is 18.4 Å². The molecule has 0 amide bonds. The number of benzene rings is 1. The van der Waals surface area contributed by atoms with E-state index in [4.69, 9.17) is 15.0 Å². The van der Waals surface area contributed by atoms with Crippen LogP contribution in [0, 0.1) is 0 Å². The minimum Gasteiger partial charge on any atom is -0.482 e. The molecule has 0 bridgehead atoms. The number of rotatable bonds is 7. The van der Waals surface area contributed by atoms with Gasteiger partial charge in [-0.25, -0.2) is 13.6 Å². The summed E-state index contributed by atoms with van der Waals surface area (Å²) in [7, 11) is -3.69. The van der Waals surface area contributed by atoms with Crippen molar-refractivity contribution in [2.24, 2.45) is 5.14 Å². The van der Waals surface area contributed by atoms with Crippen molar-refractivity contribution in [3.63, 3.8) is 0 Å². The summed E-state index contributed by atoms with van der Waals surface area (Å²) in [6.07, 6.45) is 1.30. The molecule has 0 atom stereocenters. The second-order valence-electron chi connectivity index (χ2n) is 4.45. The molecule has 1 heterocycles. The second kappa shape index (κ2) is 7.04. The quantitative estimate of drug-likeness (QED) is 0.807. The lowest BCUT2D eigenvalue weighted by Crippen LogP contribution is -2.14. The lowest BCUT2D eigenvalue weighted by Gasteiger charge is -2.06. The highest BCUT2D eigenvalue weighted by Gasteiger charge is 2.13. The molecule has 114 valence electrons. The number of aryl methyl sites for hydroxylation is 2. The number of hydrogen-bond donors (Lipinski definition) is 2. The number of aliphatic hydroxyl groups excluding tert-OH is 1. The number of ether oxygens (including phenoxy) is 1. The normalized spacial score (nSPS) is 11.5. The van der Waals surface area contributed by atoms with E-state index in [1.807, 2.05) is 12.1 Å². The zero-order chi connectivity index (χ0) is 15.3. The molecular weight excluding hydrogens is 310 g/mol. The van der Waals surface area contributed by atoms with Crippen LogP contribution < -0.4 is 9.88 Å². The van der Waals surface area contributed by atoms with Crippen LogP contribution in [0.5, 0.6) is 5.06 Å². The number of aliphatic hydroxyl groups is 1. The fourth-order valence-electron chi connectivity index (χ4n) is 1.96. The average molecular weight is 327 g/mol. The average Bonchev–Trinajstić information content (AvgIpc) is 2.90. The van der Waals surface area contributed by atoms with Crippen molar-refractivity contribution < 1.29 is 18.3 Å². The van der Waals surface area contributed by atoms with E-state index in [1.54, 1.807) is 18.2 Å². The Hall–Kier alpha value is -1.41. The van der Waals surface area contributed by atoms with Crippen molar-refractivity contribution >= 4 is 21.4 Å². The van der Waals surface area contributed by atoms with Crippen LogP contribution in [0.1, 0.15) is 10.4 Å². The highest BCUT2D eigenvalue weighted by atomic mass is 32.2. The predicted molar refractivity (Wildman–Crippen MR) is 82.1 cm³/mol. The molecule has 2 aromatic rings. The van der Waals surface area contributed by atoms with Gasteiger partial charge in [0, 0.05) is 4.88 Å². The van der Waals surface area contributed by atoms with Gasteiger partial charge in [-0.1, -0.05) is 18.2 Å². The van der Waals surface area contributed by atoms with Crippen molar-refractivity contribution in [1.82, 2.24) is 0 Å². The first kappa shape index (κ1) is 16.0. The highest BCUT2D eigenvalue weighted by molar-refractivity contribution is 7.89. The van der Waals surface area contributed by atoms with Crippen molar-refractivity contribution in [3.05, 3.63) is 46.8 Å². The molecule has 0 fully saturated rings. The first-order chi connectivity index (χ1) is 10.0. The van der Waals surface area contributed by atoms with Crippen molar-refractivity contribution in [2.45, 2.75) is 17.7 Å². The zero-order valence-corrected chi connectivity index (χ0v) is 13.0. The summed E-state index contributed by atoms with van der Waals surface area (Å²) in [5.74, 6) is 0. The molecule has 21 heavy (non-hydrogen) atoms. The molecule has 0 aliphatic carbocycles. The van der Waals surface area contributed by atoms with Gasteiger partial charge in [0.15, 0.2) is 5.06 Å². The molecule has 0 radical (unpaired) electrons. The summed E-state index contributed by atoms with van der Waals surface area (Å²) in [6, 6.07) is 10.5. The first-order valence-electron chi connectivity index (χ1n) is 6.44. The van der Waals surface area contributed by atoms with Crippen LogP contribution in [-0.2, 0) is 22.9 Å². The molecular formula is C14H17NO4S2. The molecule has 3 N–H and O–H groups in total. The molecule has 0 saturated carbocycles. The Kier molecular flexibility index (Phi) is 5.35. The minimum absolute atomic E-state index is 0.0189. The summed E-state index contributed by atoms with van der Waals surface area (Å²) < 4.78 is 28.4. The monoisotopic (exact) mass is 327 g/mol. The lowest BCUT2D eigenvalue weighted by atomic mass is 10.1. The molecule has 1 aromatic carbocycles. The zero-order valence-electron chi connectivity index (χ0n) is 11.4. The molecule has 0 aliphatic heterocycles. The van der Waals surface area contributed by atoms with E-state index in [2.05, 4.69) is 0 Å². The Morgan fingerprint density at radius 1 is 1.14 bits per heavy atom. The minimum atomic E-state index is -3.69. The van der Waals surface area contributed by atoms with Gasteiger partial charge in [-0.2, -0.15) is 0 Å². The number of thiophene rings is 1. The van der Waals surface area contributed by atoms with E-state index in [0.717, 1.165) is 9.94 Å². The number of primary sulfonamides is 1. The fourth-order valence-corrected chi connectivity index (χ4v) is 3.64. The standard InChI is InChI=1S/C14H17NO4S2/c15-21(17,18)13-4-2-1-3-11(13)5-6-12-7-8-14(20-12)19-10-9-16/h1-4,7-8,16H,5-6,9-10H2,(H2,15,17,18). The molecule has 0 spiro atoms. The number of sulfonamides is 1. The summed E-state index contributed by atoms with van der Waals surface area (Å²) in [4.78, 5) is 1.27. The van der Waals surface area contributed by atoms with E-state index in [-0.39, 0.29) is 18.1 Å². The van der Waals surface area contributed by atoms with Crippen molar-refractivity contribution in [1.29, 1.82) is 0 Å². The van der Waals surface area contributed by atoms with Crippen molar-refractivity contribution in [2.75, 3.05) is 13.2 Å². The number of nitrogens with two attached hydrogens (primary N) is 1. The van der Waals surface area contributed by atoms with Crippen LogP contribution in [-0.4, -0.2) is 26.7 Å². The van der Waals surface area contributed by atoms with Crippen LogP contribution in [0.15, 0.2) is 41.3 Å². The third-order valence-corrected chi connectivity index (χ3v) is 4.96. The second-order valence-corrected chi connectivity index (χ2v) is 7.11. The fraction of sp³-hybridized carbons (Fsp3) is 0.286. The van der Waals surface area contributed by atoms with E-state index >= 15 is 0 Å². The molecule has 0 saturated heterocycles. The Labute approximate surface area is 128 Å². The Morgan fingerprint density at radius 3 is 2.62 bits per heavy atom. The predicted octanol–water partition coefficient (Wildman–Crippen LogP) is 1.55. The SMILES string of the molecule is NS(=O)(=O)c1ccccc1CCc1ccc(OCCO)s1. The van der Waals surface area contributed by atoms with Gasteiger partial charge in [-0.05, 0) is 36.6 Å². The third kappa shape index (κ3) is 4.53. The Balaban J connectivity index is 2.05. The maximum absolute atomic E-state index is 11.5. The summed E-state index contributed by atoms with van der Waals surface area (Å²) in [5.41, 5.74) is 0.714. The molecule has 5 nitrogen and oxygen atoms in total. The maximum Gasteiger partial charge on any atom is 0.238 e. The van der Waals surface area contributed by atoms with Gasteiger partial charge in [0.05, 0.1) is 11.5 Å². The van der Waals surface area contributed by atoms with Gasteiger partial charge in [-0.3, -0.25) is 0 Å². The van der Waals surface area contributed by atoms with Gasteiger partial charge in [-0.15, -0.1) is 11.3 Å². The lowest BCUT2D eigenvalue weighted by molar-refractivity contribution is 0.205. The van der Waals surface area contributed by atoms with E-state index in [9.17, 15) is 8.42 Å². The highest BCUT2D eigenvalue weighted by Crippen LogP contribution is 2.26. The topological polar surface area (TPSA) is 89.6 Å². The first-order valence-corrected chi connectivity index (χ1v) is 8.80. The molecule has 0 aliphatic rings. The van der Waals surface area contributed by atoms with Crippen LogP contribution in [0.3, 0.4) is 0 Å². The van der Waals surface area contributed by atoms with Gasteiger partial charge in [0.2, 0.25) is 10.0 Å². The summed E-state index contributed by atoms with van der Waals surface area (Å²) in [5, 5.41) is 14.7. The largest absolute Gasteiger partial charge is 0.482 e. The van der Waals surface area contributed by atoms with Crippen LogP contribution in [0.2, 0.25) is 0 Å². The molecule has 1 aromatic heterocycles. The van der Waals surface area contributed by atoms with Crippen LogP contribution in [0.25, 0.3) is 0 Å². The third-order valence-electron chi connectivity index (χ3n) is 2.89. The molecule has 0 unspecified atom stereocenters. The Bertz CT molecular complexity index is 695. The summed E-state index contributed by atoms with van der Waals surface area (Å²) in [6.45, 7) is 0.253. The van der Waals surface area contributed by atoms with Gasteiger partial charge in [0.25, 0.3) is 0 Å². The van der Waals surface area contributed by atoms with Gasteiger partial charge in [0.1, 0.15) is 6.61 Å². The maximum atomic E-state index is 11.5. The van der Waals surface area contributed by atoms with Crippen LogP contribution in [0.4, 0.5) is 0 Å². The molecule has 7 heteroatoms. The van der Waals surface area contributed by atoms with E-state index in [1.165, 1.54) is 17.4 Å². The smallest absolute Gasteiger partial charge is 0.238 e. The number of hydrogen-bond acceptors (Lipinski definition) is 5. The van der Waals surface area contributed by atoms with Crippen LogP contribution >= 0.6 is 11.3 Å². The molecule has 2 rings (SSSR count). The van der Waals surface area contributed by atoms with Crippen molar-refractivity contribution in [3.8, 4) is 5.06 Å². The van der Waals surface area contributed by atoms with E-state index < -0.39 is 10.0 Å². The Morgan fingerprint density at radius 2 is 1.90 bits per heavy atom. The van der Waals surface area contributed by atoms with Gasteiger partial charge >= 0.3 is 0 Å². The van der Waals surface area contributed by atoms with Gasteiger partial charge < -0.3 is 9.84 Å².